The molecular weight excluding hydrogens is 953 g/mol. The summed E-state index contributed by atoms with van der Waals surface area (Å²) >= 11 is 0. The van der Waals surface area contributed by atoms with Crippen molar-refractivity contribution in [1.82, 2.24) is 0 Å². The van der Waals surface area contributed by atoms with Crippen molar-refractivity contribution in [3.05, 3.63) is 284 Å². The topological polar surface area (TPSA) is 6.48 Å². The summed E-state index contributed by atoms with van der Waals surface area (Å²) in [6, 6.07) is 77.7. The van der Waals surface area contributed by atoms with Gasteiger partial charge in [-0.1, -0.05) is 222 Å². The highest BCUT2D eigenvalue weighted by molar-refractivity contribution is 5.90. The van der Waals surface area contributed by atoms with Gasteiger partial charge in [0.25, 0.3) is 0 Å². The van der Waals surface area contributed by atoms with Gasteiger partial charge in [0.05, 0.1) is 0 Å². The van der Waals surface area contributed by atoms with Crippen LogP contribution in [0.1, 0.15) is 119 Å². The van der Waals surface area contributed by atoms with Crippen LogP contribution in [-0.4, -0.2) is 0 Å². The molecule has 0 spiro atoms. The summed E-state index contributed by atoms with van der Waals surface area (Å²) in [7, 11) is 0. The fourth-order valence-electron chi connectivity index (χ4n) is 13.0. The third-order valence-corrected chi connectivity index (χ3v) is 17.7. The molecule has 0 fully saturated rings. The lowest BCUT2D eigenvalue weighted by Gasteiger charge is -2.28. The van der Waals surface area contributed by atoms with Crippen LogP contribution in [0.2, 0.25) is 0 Å². The van der Waals surface area contributed by atoms with Gasteiger partial charge in [-0.05, 0) is 190 Å². The van der Waals surface area contributed by atoms with E-state index in [1.807, 2.05) is 0 Å². The van der Waals surface area contributed by atoms with E-state index in [4.69, 9.17) is 0 Å². The van der Waals surface area contributed by atoms with Gasteiger partial charge >= 0.3 is 0 Å². The van der Waals surface area contributed by atoms with Crippen molar-refractivity contribution in [3.8, 4) is 33.4 Å². The predicted molar refractivity (Wildman–Crippen MR) is 338 cm³/mol. The molecule has 13 rings (SSSR count). The minimum atomic E-state index is -0.168. The second-order valence-electron chi connectivity index (χ2n) is 24.2. The Bertz CT molecular complexity index is 3750. The molecule has 0 radical (unpaired) electrons. The lowest BCUT2D eigenvalue weighted by atomic mass is 9.81. The summed E-state index contributed by atoms with van der Waals surface area (Å²) in [4.78, 5) is 4.77. The Morgan fingerprint density at radius 2 is 0.418 bits per heavy atom. The Morgan fingerprint density at radius 3 is 0.646 bits per heavy atom. The molecule has 2 heteroatoms. The zero-order chi connectivity index (χ0) is 54.5. The lowest BCUT2D eigenvalue weighted by molar-refractivity contribution is 0.660. The molecule has 0 amide bonds. The standard InChI is InChI=1S/C77H68N2/c1-49-11-27-57(28-12-49)78(58-29-13-50(2)14-30-58)61-35-41-67-65-39-25-55(45-71(65)76(7,8)73(67)47-61)21-19-53-23-37-63-64-38-24-54(44-70(64)75(5,6)69(63)43-53)20-22-56-26-40-66-68-42-36-62(48-74(68)77(9,10)72(66)46-56)79(59-31-15-51(3)16-32-59)60-33-17-52(4)18-34-60/h11-48H,1-10H3. The van der Waals surface area contributed by atoms with Crippen LogP contribution in [0, 0.1) is 27.7 Å². The maximum absolute atomic E-state index is 2.42. The summed E-state index contributed by atoms with van der Waals surface area (Å²) in [5, 5.41) is 0. The normalized spacial score (nSPS) is 14.7. The smallest absolute Gasteiger partial charge is 0.0465 e. The summed E-state index contributed by atoms with van der Waals surface area (Å²) in [5.41, 5.74) is 32.5. The summed E-state index contributed by atoms with van der Waals surface area (Å²) < 4.78 is 0. The maximum Gasteiger partial charge on any atom is 0.0465 e. The second-order valence-corrected chi connectivity index (χ2v) is 24.2. The van der Waals surface area contributed by atoms with Crippen molar-refractivity contribution < 1.29 is 0 Å². The van der Waals surface area contributed by atoms with E-state index in [0.29, 0.717) is 0 Å². The molecule has 79 heavy (non-hydrogen) atoms. The number of benzene rings is 10. The second kappa shape index (κ2) is 18.7. The molecular formula is C77H68N2. The Hall–Kier alpha value is -8.72. The molecule has 10 aromatic carbocycles. The molecule has 0 N–H and O–H groups in total. The number of anilines is 6. The molecule has 0 bridgehead atoms. The van der Waals surface area contributed by atoms with E-state index in [1.54, 1.807) is 0 Å². The number of rotatable bonds is 10. The first-order chi connectivity index (χ1) is 38.0. The zero-order valence-corrected chi connectivity index (χ0v) is 47.3. The number of hydrogen-bond acceptors (Lipinski definition) is 2. The lowest BCUT2D eigenvalue weighted by Crippen LogP contribution is -2.16. The number of aryl methyl sites for hydroxylation is 4. The van der Waals surface area contributed by atoms with Crippen molar-refractivity contribution in [2.75, 3.05) is 9.80 Å². The Labute approximate surface area is 468 Å². The Kier molecular flexibility index (Phi) is 11.8. The minimum Gasteiger partial charge on any atom is -0.310 e. The molecule has 386 valence electrons. The van der Waals surface area contributed by atoms with Gasteiger partial charge in [0.2, 0.25) is 0 Å². The first-order valence-corrected chi connectivity index (χ1v) is 28.1. The first-order valence-electron chi connectivity index (χ1n) is 28.1. The molecule has 10 aromatic rings. The van der Waals surface area contributed by atoms with E-state index in [2.05, 4.69) is 310 Å². The quantitative estimate of drug-likeness (QED) is 0.126. The third kappa shape index (κ3) is 8.57. The van der Waals surface area contributed by atoms with Crippen molar-refractivity contribution in [2.24, 2.45) is 0 Å². The highest BCUT2D eigenvalue weighted by Gasteiger charge is 2.39. The largest absolute Gasteiger partial charge is 0.310 e. The van der Waals surface area contributed by atoms with Crippen LogP contribution in [-0.2, 0) is 16.2 Å². The molecule has 0 unspecified atom stereocenters. The molecule has 0 saturated carbocycles. The van der Waals surface area contributed by atoms with Crippen molar-refractivity contribution in [2.45, 2.75) is 85.5 Å². The van der Waals surface area contributed by atoms with Gasteiger partial charge in [0.1, 0.15) is 0 Å². The van der Waals surface area contributed by atoms with Gasteiger partial charge in [0.15, 0.2) is 0 Å². The van der Waals surface area contributed by atoms with Crippen LogP contribution < -0.4 is 9.80 Å². The fraction of sp³-hybridized carbons (Fsp3) is 0.169. The van der Waals surface area contributed by atoms with Crippen molar-refractivity contribution in [3.63, 3.8) is 0 Å². The SMILES string of the molecule is Cc1ccc(N(c2ccc(C)cc2)c2ccc3c(c2)C(C)(C)c2cc(C=Cc4ccc5c(c4)C(C)(C)c4cc(C=Cc6ccc7c(c6)C(C)(C)c6cc(N(c8ccc(C)cc8)c8ccc(C)cc8)ccc6-7)ccc4-5)ccc2-3)cc1. The third-order valence-electron chi connectivity index (χ3n) is 17.7. The van der Waals surface area contributed by atoms with E-state index in [1.165, 1.54) is 123 Å². The average molecular weight is 1020 g/mol. The van der Waals surface area contributed by atoms with E-state index in [-0.39, 0.29) is 16.2 Å². The number of hydrogen-bond donors (Lipinski definition) is 0. The van der Waals surface area contributed by atoms with Gasteiger partial charge < -0.3 is 9.80 Å². The molecule has 0 saturated heterocycles. The van der Waals surface area contributed by atoms with Crippen molar-refractivity contribution in [1.29, 1.82) is 0 Å². The molecule has 2 nitrogen and oxygen atoms in total. The van der Waals surface area contributed by atoms with Gasteiger partial charge in [0, 0.05) is 50.4 Å². The fourth-order valence-corrected chi connectivity index (χ4v) is 13.0. The van der Waals surface area contributed by atoms with E-state index in [0.717, 1.165) is 22.7 Å². The molecule has 3 aliphatic rings. The highest BCUT2D eigenvalue weighted by atomic mass is 15.1. The van der Waals surface area contributed by atoms with Crippen molar-refractivity contribution >= 4 is 58.4 Å². The monoisotopic (exact) mass is 1020 g/mol. The van der Waals surface area contributed by atoms with Gasteiger partial charge in [-0.25, -0.2) is 0 Å². The predicted octanol–water partition coefficient (Wildman–Crippen LogP) is 21.1. The van der Waals surface area contributed by atoms with Gasteiger partial charge in [-0.15, -0.1) is 0 Å². The average Bonchev–Trinajstić information content (AvgIpc) is 4.06. The molecule has 0 atom stereocenters. The number of nitrogens with zero attached hydrogens (tertiary/aromatic N) is 2. The first kappa shape index (κ1) is 49.8. The van der Waals surface area contributed by atoms with Crippen LogP contribution >= 0.6 is 0 Å². The van der Waals surface area contributed by atoms with Crippen LogP contribution in [0.5, 0.6) is 0 Å². The summed E-state index contributed by atoms with van der Waals surface area (Å²) in [5.74, 6) is 0. The van der Waals surface area contributed by atoms with E-state index < -0.39 is 0 Å². The van der Waals surface area contributed by atoms with Crippen LogP contribution in [0.15, 0.2) is 206 Å². The molecule has 0 heterocycles. The van der Waals surface area contributed by atoms with Gasteiger partial charge in [-0.3, -0.25) is 0 Å². The molecule has 0 aliphatic heterocycles. The zero-order valence-electron chi connectivity index (χ0n) is 47.3. The number of fused-ring (bicyclic) bond motifs is 9. The maximum atomic E-state index is 2.42. The Morgan fingerprint density at radius 1 is 0.228 bits per heavy atom. The van der Waals surface area contributed by atoms with Crippen LogP contribution in [0.3, 0.4) is 0 Å². The van der Waals surface area contributed by atoms with Crippen LogP contribution in [0.25, 0.3) is 57.7 Å². The minimum absolute atomic E-state index is 0.147. The molecule has 0 aromatic heterocycles. The van der Waals surface area contributed by atoms with Crippen LogP contribution in [0.4, 0.5) is 34.1 Å². The van der Waals surface area contributed by atoms with E-state index in [9.17, 15) is 0 Å². The Balaban J connectivity index is 0.729. The van der Waals surface area contributed by atoms with Gasteiger partial charge in [-0.2, -0.15) is 0 Å². The van der Waals surface area contributed by atoms with E-state index >= 15 is 0 Å². The summed E-state index contributed by atoms with van der Waals surface area (Å²) in [6.45, 7) is 22.9. The summed E-state index contributed by atoms with van der Waals surface area (Å²) in [6.07, 6.45) is 9.18. The highest BCUT2D eigenvalue weighted by Crippen LogP contribution is 2.54. The molecule has 3 aliphatic carbocycles.